The molecule has 2 aromatic carbocycles. The van der Waals surface area contributed by atoms with E-state index in [2.05, 4.69) is 29.6 Å². The Morgan fingerprint density at radius 2 is 1.54 bits per heavy atom. The Kier molecular flexibility index (Phi) is 6.75. The van der Waals surface area contributed by atoms with Crippen molar-refractivity contribution in [2.24, 2.45) is 11.8 Å². The van der Waals surface area contributed by atoms with E-state index < -0.39 is 18.1 Å². The van der Waals surface area contributed by atoms with Gasteiger partial charge in [-0.3, -0.25) is 4.79 Å². The third-order valence-corrected chi connectivity index (χ3v) is 7.90. The molecule has 0 bridgehead atoms. The summed E-state index contributed by atoms with van der Waals surface area (Å²) < 4.78 is 5.63. The highest BCUT2D eigenvalue weighted by molar-refractivity contribution is 5.85. The lowest BCUT2D eigenvalue weighted by molar-refractivity contribution is -0.150. The van der Waals surface area contributed by atoms with Crippen molar-refractivity contribution in [3.05, 3.63) is 59.7 Å². The standard InChI is InChI=1S/C28H32N2O5/c31-26(30-15-5-10-25(30)27(32)33)19-13-11-18(12-14-19)16-29-28(34)35-17-24-22-8-3-1-6-20(22)21-7-2-4-9-23(21)24/h1-4,6-9,18-19,24-25H,5,10-17H2,(H,29,34)(H,32,33). The number of nitrogens with one attached hydrogen (secondary N) is 1. The lowest BCUT2D eigenvalue weighted by Gasteiger charge is -2.32. The van der Waals surface area contributed by atoms with Crippen LogP contribution in [0.4, 0.5) is 4.79 Å². The molecule has 1 atom stereocenters. The zero-order valence-corrected chi connectivity index (χ0v) is 19.8. The van der Waals surface area contributed by atoms with Crippen LogP contribution in [0.3, 0.4) is 0 Å². The lowest BCUT2D eigenvalue weighted by Crippen LogP contribution is -2.44. The second kappa shape index (κ2) is 10.1. The molecule has 1 saturated carbocycles. The van der Waals surface area contributed by atoms with E-state index in [-0.39, 0.29) is 17.7 Å². The summed E-state index contributed by atoms with van der Waals surface area (Å²) in [7, 11) is 0. The molecule has 5 rings (SSSR count). The number of fused-ring (bicyclic) bond motifs is 3. The van der Waals surface area contributed by atoms with Gasteiger partial charge in [-0.2, -0.15) is 0 Å². The smallest absolute Gasteiger partial charge is 0.407 e. The number of nitrogens with zero attached hydrogens (tertiary/aromatic N) is 1. The van der Waals surface area contributed by atoms with Gasteiger partial charge >= 0.3 is 12.1 Å². The summed E-state index contributed by atoms with van der Waals surface area (Å²) in [4.78, 5) is 38.3. The van der Waals surface area contributed by atoms with E-state index in [4.69, 9.17) is 4.74 Å². The highest BCUT2D eigenvalue weighted by Gasteiger charge is 2.38. The number of carbonyl (C=O) groups excluding carboxylic acids is 2. The largest absolute Gasteiger partial charge is 0.480 e. The Balaban J connectivity index is 1.08. The first-order valence-corrected chi connectivity index (χ1v) is 12.6. The summed E-state index contributed by atoms with van der Waals surface area (Å²) in [6.45, 7) is 1.36. The van der Waals surface area contributed by atoms with Crippen LogP contribution in [-0.2, 0) is 14.3 Å². The Hall–Kier alpha value is -3.35. The van der Waals surface area contributed by atoms with Crippen LogP contribution in [0.25, 0.3) is 11.1 Å². The summed E-state index contributed by atoms with van der Waals surface area (Å²) in [6, 6.07) is 15.9. The van der Waals surface area contributed by atoms with Gasteiger partial charge in [-0.05, 0) is 66.7 Å². The Bertz CT molecular complexity index is 1060. The van der Waals surface area contributed by atoms with Crippen molar-refractivity contribution in [2.75, 3.05) is 19.7 Å². The summed E-state index contributed by atoms with van der Waals surface area (Å²) in [5, 5.41) is 12.3. The van der Waals surface area contributed by atoms with Gasteiger partial charge in [0.25, 0.3) is 0 Å². The topological polar surface area (TPSA) is 95.9 Å². The van der Waals surface area contributed by atoms with Gasteiger partial charge in [-0.1, -0.05) is 48.5 Å². The van der Waals surface area contributed by atoms with Crippen LogP contribution < -0.4 is 5.32 Å². The third-order valence-electron chi connectivity index (χ3n) is 7.90. The molecule has 1 unspecified atom stereocenters. The molecule has 3 aliphatic rings. The van der Waals surface area contributed by atoms with Crippen LogP contribution in [0.1, 0.15) is 55.6 Å². The number of benzene rings is 2. The van der Waals surface area contributed by atoms with Crippen molar-refractivity contribution in [3.63, 3.8) is 0 Å². The average Bonchev–Trinajstić information content (AvgIpc) is 3.50. The number of rotatable bonds is 6. The van der Waals surface area contributed by atoms with Gasteiger partial charge in [-0.15, -0.1) is 0 Å². The number of amides is 2. The molecule has 2 aromatic rings. The monoisotopic (exact) mass is 476 g/mol. The molecule has 2 fully saturated rings. The zero-order chi connectivity index (χ0) is 24.4. The van der Waals surface area contributed by atoms with Gasteiger partial charge in [0, 0.05) is 24.9 Å². The van der Waals surface area contributed by atoms with Crippen LogP contribution >= 0.6 is 0 Å². The number of likely N-dealkylation sites (tertiary alicyclic amines) is 1. The molecular formula is C28H32N2O5. The summed E-state index contributed by atoms with van der Waals surface area (Å²) in [5.74, 6) is -0.696. The van der Waals surface area contributed by atoms with Crippen LogP contribution in [0.2, 0.25) is 0 Å². The molecule has 1 aliphatic heterocycles. The van der Waals surface area contributed by atoms with Crippen molar-refractivity contribution in [1.82, 2.24) is 10.2 Å². The predicted molar refractivity (Wildman–Crippen MR) is 131 cm³/mol. The second-order valence-electron chi connectivity index (χ2n) is 9.95. The van der Waals surface area contributed by atoms with Crippen molar-refractivity contribution in [1.29, 1.82) is 0 Å². The number of alkyl carbamates (subject to hydrolysis) is 1. The van der Waals surface area contributed by atoms with E-state index in [9.17, 15) is 19.5 Å². The molecule has 2 amide bonds. The minimum Gasteiger partial charge on any atom is -0.480 e. The van der Waals surface area contributed by atoms with Gasteiger partial charge in [-0.25, -0.2) is 9.59 Å². The molecule has 7 heteroatoms. The molecule has 2 aliphatic carbocycles. The fraction of sp³-hybridized carbons (Fsp3) is 0.464. The SMILES string of the molecule is O=C(NCC1CCC(C(=O)N2CCCC2C(=O)O)CC1)OCC1c2ccccc2-c2ccccc21. The van der Waals surface area contributed by atoms with E-state index >= 15 is 0 Å². The molecule has 35 heavy (non-hydrogen) atoms. The van der Waals surface area contributed by atoms with E-state index in [1.54, 1.807) is 4.90 Å². The minimum absolute atomic E-state index is 0.0159. The molecular weight excluding hydrogens is 444 g/mol. The zero-order valence-electron chi connectivity index (χ0n) is 19.8. The first kappa shape index (κ1) is 23.4. The van der Waals surface area contributed by atoms with Crippen molar-refractivity contribution >= 4 is 18.0 Å². The summed E-state index contributed by atoms with van der Waals surface area (Å²) in [6.07, 6.45) is 4.03. The number of ether oxygens (including phenoxy) is 1. The van der Waals surface area contributed by atoms with Gasteiger partial charge in [0.05, 0.1) is 0 Å². The molecule has 7 nitrogen and oxygen atoms in total. The minimum atomic E-state index is -0.906. The van der Waals surface area contributed by atoms with Crippen LogP contribution in [0, 0.1) is 11.8 Å². The predicted octanol–water partition coefficient (Wildman–Crippen LogP) is 4.41. The van der Waals surface area contributed by atoms with Crippen molar-refractivity contribution in [3.8, 4) is 11.1 Å². The van der Waals surface area contributed by atoms with Gasteiger partial charge in [0.2, 0.25) is 5.91 Å². The number of hydrogen-bond donors (Lipinski definition) is 2. The van der Waals surface area contributed by atoms with E-state index in [0.717, 1.165) is 32.1 Å². The Morgan fingerprint density at radius 1 is 0.914 bits per heavy atom. The number of carboxylic acid groups (broad SMARTS) is 1. The fourth-order valence-electron chi connectivity index (χ4n) is 6.01. The Morgan fingerprint density at radius 3 is 2.17 bits per heavy atom. The van der Waals surface area contributed by atoms with Gasteiger partial charge in [0.15, 0.2) is 0 Å². The number of carbonyl (C=O) groups is 3. The first-order chi connectivity index (χ1) is 17.0. The van der Waals surface area contributed by atoms with Crippen LogP contribution in [-0.4, -0.2) is 53.7 Å². The maximum absolute atomic E-state index is 12.8. The first-order valence-electron chi connectivity index (χ1n) is 12.6. The maximum Gasteiger partial charge on any atom is 0.407 e. The van der Waals surface area contributed by atoms with Gasteiger partial charge < -0.3 is 20.1 Å². The highest BCUT2D eigenvalue weighted by atomic mass is 16.5. The third kappa shape index (κ3) is 4.77. The molecule has 0 aromatic heterocycles. The normalized spacial score (nSPS) is 23.4. The number of hydrogen-bond acceptors (Lipinski definition) is 4. The van der Waals surface area contributed by atoms with Crippen LogP contribution in [0.5, 0.6) is 0 Å². The van der Waals surface area contributed by atoms with E-state index in [1.807, 2.05) is 24.3 Å². The molecule has 184 valence electrons. The Labute approximate surface area is 205 Å². The van der Waals surface area contributed by atoms with Crippen molar-refractivity contribution in [2.45, 2.75) is 50.5 Å². The summed E-state index contributed by atoms with van der Waals surface area (Å²) in [5.41, 5.74) is 4.78. The molecule has 1 heterocycles. The van der Waals surface area contributed by atoms with Gasteiger partial charge in [0.1, 0.15) is 12.6 Å². The maximum atomic E-state index is 12.8. The molecule has 0 radical (unpaired) electrons. The molecule has 0 spiro atoms. The highest BCUT2D eigenvalue weighted by Crippen LogP contribution is 2.44. The number of aliphatic carboxylic acids is 1. The average molecular weight is 477 g/mol. The quantitative estimate of drug-likeness (QED) is 0.644. The summed E-state index contributed by atoms with van der Waals surface area (Å²) >= 11 is 0. The molecule has 2 N–H and O–H groups in total. The molecule has 1 saturated heterocycles. The van der Waals surface area contributed by atoms with Crippen molar-refractivity contribution < 1.29 is 24.2 Å². The van der Waals surface area contributed by atoms with E-state index in [1.165, 1.54) is 22.3 Å². The van der Waals surface area contributed by atoms with Crippen LogP contribution in [0.15, 0.2) is 48.5 Å². The number of carboxylic acids is 1. The van der Waals surface area contributed by atoms with E-state index in [0.29, 0.717) is 32.0 Å². The second-order valence-corrected chi connectivity index (χ2v) is 9.95. The fourth-order valence-corrected chi connectivity index (χ4v) is 6.01. The lowest BCUT2D eigenvalue weighted by atomic mass is 9.81.